The lowest BCUT2D eigenvalue weighted by Crippen LogP contribution is -2.34. The third-order valence-corrected chi connectivity index (χ3v) is 10.1. The molecule has 0 aromatic carbocycles. The van der Waals surface area contributed by atoms with Crippen molar-refractivity contribution in [2.75, 3.05) is 19.8 Å². The second kappa shape index (κ2) is 39.9. The number of hydrogen-bond acceptors (Lipinski definition) is 11. The monoisotopic (exact) mass is 868 g/mol. The topological polar surface area (TPSA) is 212 Å². The Hall–Kier alpha value is -3.16. The molecule has 0 aliphatic carbocycles. The molecule has 0 bridgehead atoms. The quantitative estimate of drug-likeness (QED) is 0.0168. The zero-order chi connectivity index (χ0) is 44.5. The molecule has 0 aromatic heterocycles. The number of nitrogens with two attached hydrogens (primary N) is 1. The van der Waals surface area contributed by atoms with Gasteiger partial charge in [-0.2, -0.15) is 0 Å². The minimum Gasteiger partial charge on any atom is -0.480 e. The van der Waals surface area contributed by atoms with E-state index in [1.165, 1.54) is 19.3 Å². The average molecular weight is 868 g/mol. The molecule has 0 aromatic rings. The highest BCUT2D eigenvalue weighted by atomic mass is 31.2. The maximum atomic E-state index is 12.7. The van der Waals surface area contributed by atoms with E-state index in [0.29, 0.717) is 12.8 Å². The molecule has 0 fully saturated rings. The molecule has 0 aliphatic heterocycles. The second-order valence-corrected chi connectivity index (χ2v) is 16.2. The molecule has 0 rings (SSSR count). The molecule has 0 radical (unpaired) electrons. The number of esters is 2. The fraction of sp³-hybridized carbons (Fsp3) is 0.674. The highest BCUT2D eigenvalue weighted by molar-refractivity contribution is 7.47. The number of phosphoric ester groups is 1. The Kier molecular flexibility index (Phi) is 37.8. The van der Waals surface area contributed by atoms with Crippen molar-refractivity contribution >= 4 is 25.7 Å². The zero-order valence-corrected chi connectivity index (χ0v) is 37.4. The van der Waals surface area contributed by atoms with Crippen LogP contribution < -0.4 is 5.73 Å². The molecular formula is C46H78NO12P. The number of ether oxygens (including phenoxy) is 2. The summed E-state index contributed by atoms with van der Waals surface area (Å²) in [5.41, 5.74) is 5.32. The summed E-state index contributed by atoms with van der Waals surface area (Å²) in [6.45, 7) is 2.35. The number of rotatable bonds is 40. The summed E-state index contributed by atoms with van der Waals surface area (Å²) < 4.78 is 32.5. The van der Waals surface area contributed by atoms with Crippen molar-refractivity contribution < 1.29 is 57.7 Å². The molecule has 0 amide bonds. The Labute approximate surface area is 360 Å². The number of aliphatic carboxylic acids is 1. The van der Waals surface area contributed by atoms with Gasteiger partial charge in [0, 0.05) is 12.8 Å². The summed E-state index contributed by atoms with van der Waals surface area (Å²) in [6.07, 6.45) is 39.9. The standard InChI is InChI=1S/C46H78NO12P/c1-3-5-7-9-11-13-15-17-18-19-20-21-23-25-27-29-31-35-44(50)56-37-40(38-57-60(54,55)58-39-41(47)46(52)53)59-45(51)36-32-34-43(49)42(48)33-30-28-26-24-22-16-14-12-10-8-6-4-2/h6,8,11-14,17-18,22,24,28,30,40-43,48-49H,3-5,7,9-10,15-16,19-21,23,25-27,29,31-39,47H2,1-2H3,(H,52,53)(H,54,55)/b8-6-,13-11-,14-12-,18-17-,24-22-,30-28-/t40-,41+,42-,43-/m1/s1. The summed E-state index contributed by atoms with van der Waals surface area (Å²) in [7, 11) is -4.81. The molecule has 0 heterocycles. The lowest BCUT2D eigenvalue weighted by molar-refractivity contribution is -0.161. The fourth-order valence-corrected chi connectivity index (χ4v) is 6.31. The normalized spacial score (nSPS) is 15.4. The van der Waals surface area contributed by atoms with Gasteiger partial charge in [-0.15, -0.1) is 0 Å². The van der Waals surface area contributed by atoms with Crippen molar-refractivity contribution in [3.05, 3.63) is 72.9 Å². The van der Waals surface area contributed by atoms with E-state index in [9.17, 15) is 34.1 Å². The Bertz CT molecular complexity index is 1330. The van der Waals surface area contributed by atoms with E-state index in [-0.39, 0.29) is 32.1 Å². The van der Waals surface area contributed by atoms with Crippen LogP contribution in [0, 0.1) is 0 Å². The van der Waals surface area contributed by atoms with E-state index in [1.54, 1.807) is 6.08 Å². The largest absolute Gasteiger partial charge is 0.480 e. The smallest absolute Gasteiger partial charge is 0.472 e. The van der Waals surface area contributed by atoms with E-state index in [0.717, 1.165) is 77.0 Å². The van der Waals surface area contributed by atoms with E-state index in [4.69, 9.17) is 24.8 Å². The lowest BCUT2D eigenvalue weighted by atomic mass is 10.0. The number of allylic oxidation sites excluding steroid dienone is 11. The SMILES string of the molecule is CC/C=C\C/C=C\C/C=C\C/C=C\C[C@@H](O)[C@H](O)CCCC(=O)O[C@H](COC(=O)CCCCCCCCC/C=C\C/C=C\CCCCC)COP(=O)(O)OC[C@H](N)C(=O)O. The Morgan fingerprint density at radius 1 is 0.600 bits per heavy atom. The lowest BCUT2D eigenvalue weighted by Gasteiger charge is -2.20. The van der Waals surface area contributed by atoms with Gasteiger partial charge in [0.1, 0.15) is 12.6 Å². The minimum absolute atomic E-state index is 0.109. The van der Waals surface area contributed by atoms with E-state index >= 15 is 0 Å². The van der Waals surface area contributed by atoms with Gasteiger partial charge in [0.15, 0.2) is 6.10 Å². The van der Waals surface area contributed by atoms with Gasteiger partial charge in [-0.1, -0.05) is 132 Å². The van der Waals surface area contributed by atoms with Crippen LogP contribution in [0.2, 0.25) is 0 Å². The minimum atomic E-state index is -4.81. The molecule has 13 nitrogen and oxygen atoms in total. The summed E-state index contributed by atoms with van der Waals surface area (Å²) in [5.74, 6) is -2.72. The van der Waals surface area contributed by atoms with E-state index in [2.05, 4.69) is 73.1 Å². The van der Waals surface area contributed by atoms with Gasteiger partial charge in [-0.3, -0.25) is 23.4 Å². The maximum Gasteiger partial charge on any atom is 0.472 e. The van der Waals surface area contributed by atoms with Crippen LogP contribution in [0.5, 0.6) is 0 Å². The molecule has 0 saturated carbocycles. The molecule has 5 atom stereocenters. The first-order valence-corrected chi connectivity index (χ1v) is 23.6. The summed E-state index contributed by atoms with van der Waals surface area (Å²) in [6, 6.07) is -1.57. The first-order chi connectivity index (χ1) is 28.9. The summed E-state index contributed by atoms with van der Waals surface area (Å²) in [5, 5.41) is 29.6. The molecule has 6 N–H and O–H groups in total. The van der Waals surface area contributed by atoms with Gasteiger partial charge in [-0.05, 0) is 83.5 Å². The number of aliphatic hydroxyl groups is 2. The number of aliphatic hydroxyl groups excluding tert-OH is 2. The summed E-state index contributed by atoms with van der Waals surface area (Å²) in [4.78, 5) is 46.1. The van der Waals surface area contributed by atoms with Crippen molar-refractivity contribution in [3.8, 4) is 0 Å². The van der Waals surface area contributed by atoms with Crippen molar-refractivity contribution in [1.82, 2.24) is 0 Å². The number of phosphoric acid groups is 1. The van der Waals surface area contributed by atoms with Crippen LogP contribution in [0.25, 0.3) is 0 Å². The first kappa shape index (κ1) is 56.8. The molecule has 1 unspecified atom stereocenters. The molecule has 60 heavy (non-hydrogen) atoms. The van der Waals surface area contributed by atoms with Gasteiger partial charge in [0.2, 0.25) is 0 Å². The van der Waals surface area contributed by atoms with Crippen LogP contribution in [0.4, 0.5) is 0 Å². The van der Waals surface area contributed by atoms with Crippen molar-refractivity contribution in [1.29, 1.82) is 0 Å². The fourth-order valence-electron chi connectivity index (χ4n) is 5.53. The molecule has 344 valence electrons. The number of carboxylic acid groups (broad SMARTS) is 1. The third kappa shape index (κ3) is 37.8. The number of unbranched alkanes of at least 4 members (excludes halogenated alkanes) is 10. The summed E-state index contributed by atoms with van der Waals surface area (Å²) >= 11 is 0. The number of hydrogen-bond donors (Lipinski definition) is 5. The van der Waals surface area contributed by atoms with Crippen LogP contribution in [0.15, 0.2) is 72.9 Å². The first-order valence-electron chi connectivity index (χ1n) is 22.1. The van der Waals surface area contributed by atoms with Gasteiger partial charge in [-0.25, -0.2) is 4.57 Å². The van der Waals surface area contributed by atoms with Crippen LogP contribution in [0.1, 0.15) is 155 Å². The van der Waals surface area contributed by atoms with Gasteiger partial charge >= 0.3 is 25.7 Å². The molecule has 0 spiro atoms. The van der Waals surface area contributed by atoms with E-state index in [1.807, 2.05) is 12.2 Å². The average Bonchev–Trinajstić information content (AvgIpc) is 3.22. The predicted molar refractivity (Wildman–Crippen MR) is 238 cm³/mol. The van der Waals surface area contributed by atoms with Gasteiger partial charge in [0.25, 0.3) is 0 Å². The molecule has 14 heteroatoms. The zero-order valence-electron chi connectivity index (χ0n) is 36.5. The van der Waals surface area contributed by atoms with Crippen LogP contribution in [0.3, 0.4) is 0 Å². The van der Waals surface area contributed by atoms with E-state index < -0.39 is 69.9 Å². The molecule has 0 saturated heterocycles. The predicted octanol–water partition coefficient (Wildman–Crippen LogP) is 9.67. The number of carbonyl (C=O) groups is 3. The Morgan fingerprint density at radius 2 is 1.10 bits per heavy atom. The number of carbonyl (C=O) groups excluding carboxylic acids is 2. The van der Waals surface area contributed by atoms with Crippen LogP contribution in [-0.2, 0) is 37.5 Å². The van der Waals surface area contributed by atoms with Crippen molar-refractivity contribution in [2.45, 2.75) is 179 Å². The van der Waals surface area contributed by atoms with Gasteiger partial charge in [0.05, 0.1) is 25.4 Å². The third-order valence-electron chi connectivity index (χ3n) is 9.14. The number of carboxylic acids is 1. The molecule has 0 aliphatic rings. The van der Waals surface area contributed by atoms with Gasteiger partial charge < -0.3 is 35.4 Å². The molecular weight excluding hydrogens is 789 g/mol. The van der Waals surface area contributed by atoms with Crippen molar-refractivity contribution in [3.63, 3.8) is 0 Å². The van der Waals surface area contributed by atoms with Crippen LogP contribution >= 0.6 is 7.82 Å². The highest BCUT2D eigenvalue weighted by Crippen LogP contribution is 2.43. The highest BCUT2D eigenvalue weighted by Gasteiger charge is 2.28. The van der Waals surface area contributed by atoms with Crippen molar-refractivity contribution in [2.24, 2.45) is 5.73 Å². The second-order valence-electron chi connectivity index (χ2n) is 14.8. The Balaban J connectivity index is 4.62. The Morgan fingerprint density at radius 3 is 1.68 bits per heavy atom. The van der Waals surface area contributed by atoms with Crippen LogP contribution in [-0.4, -0.2) is 82.3 Å². The maximum absolute atomic E-state index is 12.7.